The van der Waals surface area contributed by atoms with Crippen molar-refractivity contribution in [3.05, 3.63) is 18.2 Å². The van der Waals surface area contributed by atoms with E-state index in [0.717, 1.165) is 19.4 Å². The zero-order valence-electron chi connectivity index (χ0n) is 12.8. The van der Waals surface area contributed by atoms with Gasteiger partial charge in [-0.05, 0) is 31.5 Å². The zero-order chi connectivity index (χ0) is 15.2. The molecule has 3 N–H and O–H groups in total. The molecule has 1 atom stereocenters. The minimum Gasteiger partial charge on any atom is -0.497 e. The number of methoxy groups -OCH3 is 1. The van der Waals surface area contributed by atoms with Crippen molar-refractivity contribution in [2.75, 3.05) is 24.3 Å². The number of benzene rings is 1. The molecule has 0 bridgehead atoms. The summed E-state index contributed by atoms with van der Waals surface area (Å²) < 4.78 is 5.15. The quantitative estimate of drug-likeness (QED) is 0.774. The van der Waals surface area contributed by atoms with E-state index in [1.807, 2.05) is 0 Å². The average molecular weight is 328 g/mol. The maximum atomic E-state index is 12.1. The molecule has 2 rings (SSSR count). The van der Waals surface area contributed by atoms with Crippen LogP contribution in [0.4, 0.5) is 11.4 Å². The molecule has 6 nitrogen and oxygen atoms in total. The first-order valence-corrected chi connectivity index (χ1v) is 7.07. The molecule has 2 amide bonds. The van der Waals surface area contributed by atoms with Crippen LogP contribution < -0.4 is 20.7 Å². The molecular formula is C15H22ClN3O3. The standard InChI is InChI=1S/C15H21N3O3.ClH/c1-10(19)17-13-6-5-12(21-2)9-14(13)18-15(20)8-11-4-3-7-16-11;/h5-6,9,11,16H,3-4,7-8H2,1-2H3,(H,17,19)(H,18,20);1H. The van der Waals surface area contributed by atoms with Gasteiger partial charge >= 0.3 is 0 Å². The van der Waals surface area contributed by atoms with Crippen LogP contribution in [0.3, 0.4) is 0 Å². The molecule has 0 spiro atoms. The Balaban J connectivity index is 0.00000242. The van der Waals surface area contributed by atoms with Crippen LogP contribution in [0.1, 0.15) is 26.2 Å². The summed E-state index contributed by atoms with van der Waals surface area (Å²) in [7, 11) is 1.56. The highest BCUT2D eigenvalue weighted by molar-refractivity contribution is 5.99. The third kappa shape index (κ3) is 5.20. The summed E-state index contributed by atoms with van der Waals surface area (Å²) in [5.41, 5.74) is 1.11. The molecule has 1 fully saturated rings. The smallest absolute Gasteiger partial charge is 0.225 e. The van der Waals surface area contributed by atoms with Crippen molar-refractivity contribution in [3.8, 4) is 5.75 Å². The second-order valence-electron chi connectivity index (χ2n) is 5.14. The maximum Gasteiger partial charge on any atom is 0.225 e. The summed E-state index contributed by atoms with van der Waals surface area (Å²) in [4.78, 5) is 23.3. The summed E-state index contributed by atoms with van der Waals surface area (Å²) in [6.07, 6.45) is 2.55. The summed E-state index contributed by atoms with van der Waals surface area (Å²) >= 11 is 0. The zero-order valence-corrected chi connectivity index (χ0v) is 13.6. The second-order valence-corrected chi connectivity index (χ2v) is 5.14. The van der Waals surface area contributed by atoms with Gasteiger partial charge in [0.2, 0.25) is 11.8 Å². The lowest BCUT2D eigenvalue weighted by atomic mass is 10.1. The average Bonchev–Trinajstić information content (AvgIpc) is 2.93. The highest BCUT2D eigenvalue weighted by atomic mass is 35.5. The van der Waals surface area contributed by atoms with Crippen molar-refractivity contribution in [2.45, 2.75) is 32.2 Å². The number of halogens is 1. The van der Waals surface area contributed by atoms with Crippen molar-refractivity contribution in [3.63, 3.8) is 0 Å². The molecule has 0 saturated carbocycles. The fourth-order valence-electron chi connectivity index (χ4n) is 2.41. The number of hydrogen-bond acceptors (Lipinski definition) is 4. The van der Waals surface area contributed by atoms with Gasteiger partial charge in [0.15, 0.2) is 0 Å². The molecule has 7 heteroatoms. The molecule has 1 heterocycles. The van der Waals surface area contributed by atoms with Crippen molar-refractivity contribution in [1.82, 2.24) is 5.32 Å². The normalized spacial score (nSPS) is 16.5. The van der Waals surface area contributed by atoms with Crippen LogP contribution in [0.5, 0.6) is 5.75 Å². The number of amides is 2. The van der Waals surface area contributed by atoms with E-state index < -0.39 is 0 Å². The molecule has 0 aromatic heterocycles. The largest absolute Gasteiger partial charge is 0.497 e. The lowest BCUT2D eigenvalue weighted by Gasteiger charge is -2.14. The van der Waals surface area contributed by atoms with E-state index in [0.29, 0.717) is 23.5 Å². The Kier molecular flexibility index (Phi) is 7.14. The Morgan fingerprint density at radius 3 is 2.68 bits per heavy atom. The third-order valence-electron chi connectivity index (χ3n) is 3.41. The molecule has 1 saturated heterocycles. The summed E-state index contributed by atoms with van der Waals surface area (Å²) in [6, 6.07) is 5.38. The van der Waals surface area contributed by atoms with E-state index >= 15 is 0 Å². The Morgan fingerprint density at radius 2 is 2.09 bits per heavy atom. The van der Waals surface area contributed by atoms with Crippen LogP contribution in [0.2, 0.25) is 0 Å². The van der Waals surface area contributed by atoms with Gasteiger partial charge in [-0.3, -0.25) is 9.59 Å². The topological polar surface area (TPSA) is 79.5 Å². The van der Waals surface area contributed by atoms with Gasteiger partial charge in [-0.2, -0.15) is 0 Å². The summed E-state index contributed by atoms with van der Waals surface area (Å²) in [5, 5.41) is 8.83. The highest BCUT2D eigenvalue weighted by Crippen LogP contribution is 2.27. The monoisotopic (exact) mass is 327 g/mol. The molecule has 1 aromatic carbocycles. The molecule has 1 aliphatic heterocycles. The van der Waals surface area contributed by atoms with Gasteiger partial charge in [0.25, 0.3) is 0 Å². The Morgan fingerprint density at radius 1 is 1.32 bits per heavy atom. The number of carbonyl (C=O) groups is 2. The van der Waals surface area contributed by atoms with Crippen LogP contribution in [0, 0.1) is 0 Å². The van der Waals surface area contributed by atoms with Crippen molar-refractivity contribution < 1.29 is 14.3 Å². The molecular weight excluding hydrogens is 306 g/mol. The van der Waals surface area contributed by atoms with Gasteiger partial charge in [-0.25, -0.2) is 0 Å². The van der Waals surface area contributed by atoms with Gasteiger partial charge in [0.1, 0.15) is 5.75 Å². The molecule has 1 aromatic rings. The first kappa shape index (κ1) is 18.3. The maximum absolute atomic E-state index is 12.1. The first-order valence-electron chi connectivity index (χ1n) is 7.07. The Labute approximate surface area is 136 Å². The van der Waals surface area contributed by atoms with Crippen LogP contribution in [0.15, 0.2) is 18.2 Å². The SMILES string of the molecule is COc1ccc(NC(C)=O)c(NC(=O)CC2CCCN2)c1.Cl. The second kappa shape index (κ2) is 8.60. The number of rotatable bonds is 5. The van der Waals surface area contributed by atoms with Gasteiger partial charge < -0.3 is 20.7 Å². The number of ether oxygens (including phenoxy) is 1. The van der Waals surface area contributed by atoms with E-state index in [-0.39, 0.29) is 30.3 Å². The summed E-state index contributed by atoms with van der Waals surface area (Å²) in [6.45, 7) is 2.40. The van der Waals surface area contributed by atoms with Crippen LogP contribution in [-0.4, -0.2) is 31.5 Å². The van der Waals surface area contributed by atoms with Gasteiger partial charge in [-0.1, -0.05) is 0 Å². The number of nitrogens with one attached hydrogen (secondary N) is 3. The van der Waals surface area contributed by atoms with Crippen molar-refractivity contribution in [2.24, 2.45) is 0 Å². The van der Waals surface area contributed by atoms with Crippen molar-refractivity contribution in [1.29, 1.82) is 0 Å². The van der Waals surface area contributed by atoms with E-state index in [4.69, 9.17) is 4.74 Å². The Bertz CT molecular complexity index is 531. The van der Waals surface area contributed by atoms with E-state index in [2.05, 4.69) is 16.0 Å². The highest BCUT2D eigenvalue weighted by Gasteiger charge is 2.18. The number of hydrogen-bond donors (Lipinski definition) is 3. The predicted molar refractivity (Wildman–Crippen MR) is 88.8 cm³/mol. The third-order valence-corrected chi connectivity index (χ3v) is 3.41. The fraction of sp³-hybridized carbons (Fsp3) is 0.467. The summed E-state index contributed by atoms with van der Waals surface area (Å²) in [5.74, 6) is 0.362. The molecule has 0 aliphatic carbocycles. The van der Waals surface area contributed by atoms with Gasteiger partial charge in [-0.15, -0.1) is 12.4 Å². The number of anilines is 2. The fourth-order valence-corrected chi connectivity index (χ4v) is 2.41. The van der Waals surface area contributed by atoms with Crippen LogP contribution >= 0.6 is 12.4 Å². The molecule has 122 valence electrons. The van der Waals surface area contributed by atoms with Gasteiger partial charge in [0, 0.05) is 25.5 Å². The van der Waals surface area contributed by atoms with Gasteiger partial charge in [0.05, 0.1) is 18.5 Å². The Hall–Kier alpha value is -1.79. The lowest BCUT2D eigenvalue weighted by Crippen LogP contribution is -2.27. The molecule has 1 aliphatic rings. The molecule has 22 heavy (non-hydrogen) atoms. The van der Waals surface area contributed by atoms with Crippen LogP contribution in [-0.2, 0) is 9.59 Å². The lowest BCUT2D eigenvalue weighted by molar-refractivity contribution is -0.117. The van der Waals surface area contributed by atoms with Crippen LogP contribution in [0.25, 0.3) is 0 Å². The van der Waals surface area contributed by atoms with Crippen molar-refractivity contribution >= 4 is 35.6 Å². The van der Waals surface area contributed by atoms with E-state index in [1.165, 1.54) is 6.92 Å². The first-order chi connectivity index (χ1) is 10.1. The number of carbonyl (C=O) groups excluding carboxylic acids is 2. The molecule has 1 unspecified atom stereocenters. The minimum absolute atomic E-state index is 0. The van der Waals surface area contributed by atoms with E-state index in [1.54, 1.807) is 25.3 Å². The minimum atomic E-state index is -0.187. The predicted octanol–water partition coefficient (Wildman–Crippen LogP) is 2.16. The van der Waals surface area contributed by atoms with E-state index in [9.17, 15) is 9.59 Å². The molecule has 0 radical (unpaired) electrons.